The quantitative estimate of drug-likeness (QED) is 0.733. The lowest BCUT2D eigenvalue weighted by molar-refractivity contribution is 0.102. The Balaban J connectivity index is 1.81. The largest absolute Gasteiger partial charge is 0.322 e. The van der Waals surface area contributed by atoms with Crippen LogP contribution in [0.25, 0.3) is 11.3 Å². The van der Waals surface area contributed by atoms with E-state index in [0.29, 0.717) is 10.6 Å². The average molecular weight is 329 g/mol. The molecular weight excluding hydrogens is 316 g/mol. The minimum absolute atomic E-state index is 0.164. The monoisotopic (exact) mass is 328 g/mol. The van der Waals surface area contributed by atoms with E-state index in [1.165, 1.54) is 0 Å². The maximum atomic E-state index is 12.2. The van der Waals surface area contributed by atoms with Crippen molar-refractivity contribution >= 4 is 34.5 Å². The molecule has 5 heteroatoms. The molecule has 0 saturated carbocycles. The second-order valence-corrected chi connectivity index (χ2v) is 6.29. The van der Waals surface area contributed by atoms with E-state index in [1.54, 1.807) is 35.6 Å². The molecule has 1 N–H and O–H groups in total. The predicted molar refractivity (Wildman–Crippen MR) is 91.7 cm³/mol. The minimum atomic E-state index is -0.164. The molecule has 0 spiro atoms. The molecule has 0 unspecified atom stereocenters. The smallest absolute Gasteiger partial charge is 0.255 e. The van der Waals surface area contributed by atoms with Gasteiger partial charge in [0, 0.05) is 27.2 Å². The predicted octanol–water partition coefficient (Wildman–Crippen LogP) is 5.02. The van der Waals surface area contributed by atoms with Gasteiger partial charge in [-0.25, -0.2) is 4.98 Å². The van der Waals surface area contributed by atoms with E-state index in [2.05, 4.69) is 10.3 Å². The topological polar surface area (TPSA) is 42.0 Å². The van der Waals surface area contributed by atoms with E-state index in [9.17, 15) is 4.79 Å². The van der Waals surface area contributed by atoms with Crippen molar-refractivity contribution in [3.8, 4) is 11.3 Å². The third kappa shape index (κ3) is 3.35. The summed E-state index contributed by atoms with van der Waals surface area (Å²) >= 11 is 7.44. The normalized spacial score (nSPS) is 10.5. The molecule has 22 heavy (non-hydrogen) atoms. The zero-order valence-electron chi connectivity index (χ0n) is 11.8. The summed E-state index contributed by atoms with van der Waals surface area (Å²) in [6.07, 6.45) is 0. The van der Waals surface area contributed by atoms with Gasteiger partial charge in [-0.15, -0.1) is 11.3 Å². The lowest BCUT2D eigenvalue weighted by atomic mass is 10.1. The van der Waals surface area contributed by atoms with E-state index in [0.717, 1.165) is 22.0 Å². The molecule has 0 aliphatic carbocycles. The number of aromatic nitrogens is 1. The summed E-state index contributed by atoms with van der Waals surface area (Å²) in [6, 6.07) is 14.5. The Morgan fingerprint density at radius 2 is 1.95 bits per heavy atom. The Morgan fingerprint density at radius 1 is 1.18 bits per heavy atom. The van der Waals surface area contributed by atoms with Gasteiger partial charge >= 0.3 is 0 Å². The highest BCUT2D eigenvalue weighted by molar-refractivity contribution is 7.09. The van der Waals surface area contributed by atoms with Gasteiger partial charge in [-0.3, -0.25) is 4.79 Å². The molecule has 1 heterocycles. The van der Waals surface area contributed by atoms with E-state index >= 15 is 0 Å². The first kappa shape index (κ1) is 14.8. The second kappa shape index (κ2) is 6.30. The van der Waals surface area contributed by atoms with E-state index < -0.39 is 0 Å². The van der Waals surface area contributed by atoms with Crippen LogP contribution in [0.4, 0.5) is 5.69 Å². The standard InChI is InChI=1S/C17H13ClN2OS/c1-11-19-16(10-22-11)13-3-2-4-15(9-13)20-17(21)12-5-7-14(18)8-6-12/h2-10H,1H3,(H,20,21). The highest BCUT2D eigenvalue weighted by Gasteiger charge is 2.08. The van der Waals surface area contributed by atoms with Crippen molar-refractivity contribution in [1.29, 1.82) is 0 Å². The molecule has 0 atom stereocenters. The summed E-state index contributed by atoms with van der Waals surface area (Å²) < 4.78 is 0. The van der Waals surface area contributed by atoms with Gasteiger partial charge < -0.3 is 5.32 Å². The van der Waals surface area contributed by atoms with Crippen molar-refractivity contribution < 1.29 is 4.79 Å². The van der Waals surface area contributed by atoms with Crippen molar-refractivity contribution in [3.63, 3.8) is 0 Å². The average Bonchev–Trinajstić information content (AvgIpc) is 2.95. The lowest BCUT2D eigenvalue weighted by Gasteiger charge is -2.07. The van der Waals surface area contributed by atoms with Gasteiger partial charge in [0.05, 0.1) is 10.7 Å². The molecule has 110 valence electrons. The molecule has 3 nitrogen and oxygen atoms in total. The Hall–Kier alpha value is -2.17. The number of hydrogen-bond acceptors (Lipinski definition) is 3. The number of halogens is 1. The summed E-state index contributed by atoms with van der Waals surface area (Å²) in [5, 5.41) is 6.53. The maximum Gasteiger partial charge on any atom is 0.255 e. The summed E-state index contributed by atoms with van der Waals surface area (Å²) in [5.74, 6) is -0.164. The lowest BCUT2D eigenvalue weighted by Crippen LogP contribution is -2.11. The number of rotatable bonds is 3. The van der Waals surface area contributed by atoms with Crippen LogP contribution in [0.15, 0.2) is 53.9 Å². The second-order valence-electron chi connectivity index (χ2n) is 4.79. The van der Waals surface area contributed by atoms with Crippen molar-refractivity contribution in [2.24, 2.45) is 0 Å². The molecule has 3 aromatic rings. The van der Waals surface area contributed by atoms with Crippen molar-refractivity contribution in [2.45, 2.75) is 6.92 Å². The summed E-state index contributed by atoms with van der Waals surface area (Å²) in [5.41, 5.74) is 3.21. The van der Waals surface area contributed by atoms with Gasteiger partial charge in [0.15, 0.2) is 0 Å². The highest BCUT2D eigenvalue weighted by atomic mass is 35.5. The molecule has 0 radical (unpaired) electrons. The molecule has 2 aromatic carbocycles. The number of aryl methyl sites for hydroxylation is 1. The number of nitrogens with zero attached hydrogens (tertiary/aromatic N) is 1. The minimum Gasteiger partial charge on any atom is -0.322 e. The van der Waals surface area contributed by atoms with Crippen LogP contribution in [0.3, 0.4) is 0 Å². The maximum absolute atomic E-state index is 12.2. The molecule has 1 amide bonds. The SMILES string of the molecule is Cc1nc(-c2cccc(NC(=O)c3ccc(Cl)cc3)c2)cs1. The number of amides is 1. The zero-order chi connectivity index (χ0) is 15.5. The van der Waals surface area contributed by atoms with Crippen LogP contribution in [0.2, 0.25) is 5.02 Å². The van der Waals surface area contributed by atoms with Gasteiger partial charge in [0.25, 0.3) is 5.91 Å². The van der Waals surface area contributed by atoms with Crippen LogP contribution in [0, 0.1) is 6.92 Å². The fourth-order valence-electron chi connectivity index (χ4n) is 2.06. The molecule has 0 aliphatic heterocycles. The van der Waals surface area contributed by atoms with Gasteiger partial charge in [-0.1, -0.05) is 23.7 Å². The van der Waals surface area contributed by atoms with Crippen LogP contribution in [0.1, 0.15) is 15.4 Å². The highest BCUT2D eigenvalue weighted by Crippen LogP contribution is 2.24. The number of carbonyl (C=O) groups is 1. The zero-order valence-corrected chi connectivity index (χ0v) is 13.4. The Labute approximate surface area is 137 Å². The number of carbonyl (C=O) groups excluding carboxylic acids is 1. The van der Waals surface area contributed by atoms with Gasteiger partial charge in [-0.05, 0) is 43.3 Å². The third-order valence-electron chi connectivity index (χ3n) is 3.14. The summed E-state index contributed by atoms with van der Waals surface area (Å²) in [7, 11) is 0. The van der Waals surface area contributed by atoms with E-state index in [1.807, 2.05) is 36.6 Å². The van der Waals surface area contributed by atoms with Crippen LogP contribution in [-0.4, -0.2) is 10.9 Å². The molecule has 0 aliphatic rings. The Morgan fingerprint density at radius 3 is 2.64 bits per heavy atom. The first-order chi connectivity index (χ1) is 10.6. The first-order valence-electron chi connectivity index (χ1n) is 6.71. The number of benzene rings is 2. The number of anilines is 1. The van der Waals surface area contributed by atoms with Crippen LogP contribution in [-0.2, 0) is 0 Å². The van der Waals surface area contributed by atoms with E-state index in [-0.39, 0.29) is 5.91 Å². The molecular formula is C17H13ClN2OS. The molecule has 0 bridgehead atoms. The Kier molecular flexibility index (Phi) is 4.22. The van der Waals surface area contributed by atoms with Crippen molar-refractivity contribution in [3.05, 3.63) is 69.5 Å². The van der Waals surface area contributed by atoms with Gasteiger partial charge in [0.1, 0.15) is 0 Å². The fourth-order valence-corrected chi connectivity index (χ4v) is 2.80. The molecule has 1 aromatic heterocycles. The molecule has 0 fully saturated rings. The van der Waals surface area contributed by atoms with Crippen molar-refractivity contribution in [2.75, 3.05) is 5.32 Å². The number of thiazole rings is 1. The van der Waals surface area contributed by atoms with Gasteiger partial charge in [0.2, 0.25) is 0 Å². The third-order valence-corrected chi connectivity index (χ3v) is 4.17. The van der Waals surface area contributed by atoms with Crippen LogP contribution < -0.4 is 5.32 Å². The van der Waals surface area contributed by atoms with Crippen LogP contribution in [0.5, 0.6) is 0 Å². The summed E-state index contributed by atoms with van der Waals surface area (Å²) in [6.45, 7) is 1.97. The number of nitrogens with one attached hydrogen (secondary N) is 1. The Bertz CT molecular complexity index is 812. The fraction of sp³-hybridized carbons (Fsp3) is 0.0588. The van der Waals surface area contributed by atoms with Crippen LogP contribution >= 0.6 is 22.9 Å². The summed E-state index contributed by atoms with van der Waals surface area (Å²) in [4.78, 5) is 16.7. The number of hydrogen-bond donors (Lipinski definition) is 1. The van der Waals surface area contributed by atoms with Gasteiger partial charge in [-0.2, -0.15) is 0 Å². The van der Waals surface area contributed by atoms with Crippen molar-refractivity contribution in [1.82, 2.24) is 4.98 Å². The molecule has 3 rings (SSSR count). The van der Waals surface area contributed by atoms with E-state index in [4.69, 9.17) is 11.6 Å². The molecule has 0 saturated heterocycles. The first-order valence-corrected chi connectivity index (χ1v) is 7.97.